The highest BCUT2D eigenvalue weighted by atomic mass is 19.1. The fourth-order valence-electron chi connectivity index (χ4n) is 1.28. The monoisotopic (exact) mass is 232 g/mol. The van der Waals surface area contributed by atoms with E-state index >= 15 is 0 Å². The van der Waals surface area contributed by atoms with Crippen LogP contribution in [-0.2, 0) is 0 Å². The van der Waals surface area contributed by atoms with Crippen molar-refractivity contribution in [1.82, 2.24) is 9.97 Å². The first-order chi connectivity index (χ1) is 8.11. The van der Waals surface area contributed by atoms with E-state index in [1.54, 1.807) is 6.07 Å². The molecule has 17 heavy (non-hydrogen) atoms. The number of hydrogen-bond acceptors (Lipinski definition) is 4. The summed E-state index contributed by atoms with van der Waals surface area (Å²) >= 11 is 0. The van der Waals surface area contributed by atoms with Crippen molar-refractivity contribution < 1.29 is 8.78 Å². The van der Waals surface area contributed by atoms with Gasteiger partial charge in [0.25, 0.3) is 0 Å². The maximum absolute atomic E-state index is 13.4. The maximum atomic E-state index is 13.4. The lowest BCUT2D eigenvalue weighted by molar-refractivity contribution is 0.602. The van der Waals surface area contributed by atoms with E-state index in [2.05, 4.69) is 9.97 Å². The Kier molecular flexibility index (Phi) is 2.66. The van der Waals surface area contributed by atoms with Gasteiger partial charge in [-0.3, -0.25) is 0 Å². The zero-order valence-corrected chi connectivity index (χ0v) is 8.48. The molecule has 0 radical (unpaired) electrons. The SMILES string of the molecule is N#Cc1cnc(-c2cc(F)ccc2F)nc1N. The molecule has 0 aliphatic heterocycles. The van der Waals surface area contributed by atoms with Crippen LogP contribution in [0.15, 0.2) is 24.4 Å². The van der Waals surface area contributed by atoms with Gasteiger partial charge in [0.05, 0.1) is 11.8 Å². The molecule has 0 saturated heterocycles. The summed E-state index contributed by atoms with van der Waals surface area (Å²) in [6, 6.07) is 4.72. The van der Waals surface area contributed by atoms with Crippen molar-refractivity contribution in [2.24, 2.45) is 0 Å². The van der Waals surface area contributed by atoms with E-state index < -0.39 is 11.6 Å². The van der Waals surface area contributed by atoms with Crippen LogP contribution in [0.4, 0.5) is 14.6 Å². The molecule has 0 spiro atoms. The van der Waals surface area contributed by atoms with Crippen LogP contribution in [0.3, 0.4) is 0 Å². The number of nitriles is 1. The number of hydrogen-bond donors (Lipinski definition) is 1. The van der Waals surface area contributed by atoms with Gasteiger partial charge in [-0.05, 0) is 18.2 Å². The summed E-state index contributed by atoms with van der Waals surface area (Å²) in [6.45, 7) is 0. The minimum Gasteiger partial charge on any atom is -0.382 e. The van der Waals surface area contributed by atoms with Crippen molar-refractivity contribution in [3.63, 3.8) is 0 Å². The number of nitrogens with zero attached hydrogens (tertiary/aromatic N) is 3. The summed E-state index contributed by atoms with van der Waals surface area (Å²) < 4.78 is 26.4. The van der Waals surface area contributed by atoms with E-state index in [9.17, 15) is 8.78 Å². The number of rotatable bonds is 1. The zero-order valence-electron chi connectivity index (χ0n) is 8.48. The van der Waals surface area contributed by atoms with Crippen LogP contribution in [0.5, 0.6) is 0 Å². The van der Waals surface area contributed by atoms with Crippen molar-refractivity contribution in [2.45, 2.75) is 0 Å². The number of aromatic nitrogens is 2. The van der Waals surface area contributed by atoms with Gasteiger partial charge in [0.15, 0.2) is 5.82 Å². The normalized spacial score (nSPS) is 9.94. The molecule has 0 unspecified atom stereocenters. The van der Waals surface area contributed by atoms with Gasteiger partial charge in [-0.25, -0.2) is 18.7 Å². The number of benzene rings is 1. The van der Waals surface area contributed by atoms with Crippen LogP contribution >= 0.6 is 0 Å². The van der Waals surface area contributed by atoms with Crippen LogP contribution in [0.1, 0.15) is 5.56 Å². The molecule has 0 fully saturated rings. The third-order valence-corrected chi connectivity index (χ3v) is 2.11. The van der Waals surface area contributed by atoms with Gasteiger partial charge in [0.2, 0.25) is 0 Å². The molecule has 1 aromatic carbocycles. The molecule has 6 heteroatoms. The summed E-state index contributed by atoms with van der Waals surface area (Å²) in [6.07, 6.45) is 1.17. The van der Waals surface area contributed by atoms with Crippen LogP contribution in [-0.4, -0.2) is 9.97 Å². The summed E-state index contributed by atoms with van der Waals surface area (Å²) in [5.74, 6) is -1.39. The molecule has 0 amide bonds. The third kappa shape index (κ3) is 2.03. The highest BCUT2D eigenvalue weighted by molar-refractivity contribution is 5.59. The minimum atomic E-state index is -0.657. The zero-order chi connectivity index (χ0) is 12.4. The molecule has 0 bridgehead atoms. The van der Waals surface area contributed by atoms with Crippen molar-refractivity contribution >= 4 is 5.82 Å². The van der Waals surface area contributed by atoms with Crippen LogP contribution in [0, 0.1) is 23.0 Å². The standard InChI is InChI=1S/C11H6F2N4/c12-7-1-2-9(13)8(3-7)11-16-5-6(4-14)10(15)17-11/h1-3,5H,(H2,15,16,17). The molecular formula is C11H6F2N4. The van der Waals surface area contributed by atoms with E-state index in [0.717, 1.165) is 18.2 Å². The predicted molar refractivity (Wildman–Crippen MR) is 56.5 cm³/mol. The second kappa shape index (κ2) is 4.14. The van der Waals surface area contributed by atoms with E-state index in [0.29, 0.717) is 0 Å². The van der Waals surface area contributed by atoms with Crippen molar-refractivity contribution in [3.8, 4) is 17.5 Å². The highest BCUT2D eigenvalue weighted by Crippen LogP contribution is 2.21. The first kappa shape index (κ1) is 11.0. The van der Waals surface area contributed by atoms with Gasteiger partial charge < -0.3 is 5.73 Å². The van der Waals surface area contributed by atoms with E-state index in [1.807, 2.05) is 0 Å². The molecule has 0 aliphatic rings. The Labute approximate surface area is 95.4 Å². The Hall–Kier alpha value is -2.55. The molecule has 0 aliphatic carbocycles. The highest BCUT2D eigenvalue weighted by Gasteiger charge is 2.11. The number of nitrogens with two attached hydrogens (primary N) is 1. The molecule has 2 N–H and O–H groups in total. The van der Waals surface area contributed by atoms with Crippen LogP contribution in [0.25, 0.3) is 11.4 Å². The summed E-state index contributed by atoms with van der Waals surface area (Å²) in [4.78, 5) is 7.52. The first-order valence-electron chi connectivity index (χ1n) is 4.60. The van der Waals surface area contributed by atoms with Gasteiger partial charge in [0.1, 0.15) is 29.1 Å². The van der Waals surface area contributed by atoms with Gasteiger partial charge in [-0.1, -0.05) is 0 Å². The number of anilines is 1. The van der Waals surface area contributed by atoms with E-state index in [1.165, 1.54) is 6.20 Å². The van der Waals surface area contributed by atoms with E-state index in [4.69, 9.17) is 11.0 Å². The van der Waals surface area contributed by atoms with Crippen molar-refractivity contribution in [2.75, 3.05) is 5.73 Å². The molecule has 4 nitrogen and oxygen atoms in total. The molecular weight excluding hydrogens is 226 g/mol. The lowest BCUT2D eigenvalue weighted by Gasteiger charge is -2.03. The Morgan fingerprint density at radius 2 is 2.06 bits per heavy atom. The van der Waals surface area contributed by atoms with Crippen molar-refractivity contribution in [1.29, 1.82) is 5.26 Å². The van der Waals surface area contributed by atoms with E-state index in [-0.39, 0.29) is 22.8 Å². The molecule has 1 heterocycles. The predicted octanol–water partition coefficient (Wildman–Crippen LogP) is 1.88. The second-order valence-corrected chi connectivity index (χ2v) is 3.23. The quantitative estimate of drug-likeness (QED) is 0.814. The van der Waals surface area contributed by atoms with Gasteiger partial charge in [-0.15, -0.1) is 0 Å². The first-order valence-corrected chi connectivity index (χ1v) is 4.60. The molecule has 2 aromatic rings. The number of nitrogen functional groups attached to an aromatic ring is 1. The summed E-state index contributed by atoms with van der Waals surface area (Å²) in [5, 5.41) is 8.63. The Morgan fingerprint density at radius 3 is 2.71 bits per heavy atom. The lowest BCUT2D eigenvalue weighted by atomic mass is 10.2. The summed E-state index contributed by atoms with van der Waals surface area (Å²) in [5.41, 5.74) is 5.46. The Bertz CT molecular complexity index is 619. The smallest absolute Gasteiger partial charge is 0.164 e. The van der Waals surface area contributed by atoms with Crippen LogP contribution in [0.2, 0.25) is 0 Å². The fraction of sp³-hybridized carbons (Fsp3) is 0. The molecule has 1 aromatic heterocycles. The minimum absolute atomic E-state index is 0.0569. The molecule has 2 rings (SSSR count). The topological polar surface area (TPSA) is 75.6 Å². The number of halogens is 2. The lowest BCUT2D eigenvalue weighted by Crippen LogP contribution is -2.00. The fourth-order valence-corrected chi connectivity index (χ4v) is 1.28. The van der Waals surface area contributed by atoms with Gasteiger partial charge in [-0.2, -0.15) is 5.26 Å². The summed E-state index contributed by atoms with van der Waals surface area (Å²) in [7, 11) is 0. The largest absolute Gasteiger partial charge is 0.382 e. The molecule has 84 valence electrons. The average molecular weight is 232 g/mol. The molecule has 0 atom stereocenters. The second-order valence-electron chi connectivity index (χ2n) is 3.23. The maximum Gasteiger partial charge on any atom is 0.164 e. The van der Waals surface area contributed by atoms with Gasteiger partial charge in [0, 0.05) is 0 Å². The third-order valence-electron chi connectivity index (χ3n) is 2.11. The van der Waals surface area contributed by atoms with Gasteiger partial charge >= 0.3 is 0 Å². The Balaban J connectivity index is 2.58. The van der Waals surface area contributed by atoms with Crippen molar-refractivity contribution in [3.05, 3.63) is 41.6 Å². The Morgan fingerprint density at radius 1 is 1.29 bits per heavy atom. The van der Waals surface area contributed by atoms with Crippen LogP contribution < -0.4 is 5.73 Å². The molecule has 0 saturated carbocycles. The average Bonchev–Trinajstić information content (AvgIpc) is 2.32.